The standard InChI is InChI=1S/C10H16BrN3S/c11-9-7-10(15-8-9)14-5-3-13(2-1-12)4-6-14/h7-8H,1-6,12H2. The molecule has 0 aromatic carbocycles. The molecule has 1 fully saturated rings. The lowest BCUT2D eigenvalue weighted by molar-refractivity contribution is 0.265. The Morgan fingerprint density at radius 3 is 2.60 bits per heavy atom. The van der Waals surface area contributed by atoms with E-state index >= 15 is 0 Å². The van der Waals surface area contributed by atoms with Crippen molar-refractivity contribution in [3.8, 4) is 0 Å². The van der Waals surface area contributed by atoms with E-state index in [-0.39, 0.29) is 0 Å². The second-order valence-electron chi connectivity index (χ2n) is 3.72. The van der Waals surface area contributed by atoms with Crippen molar-refractivity contribution in [3.05, 3.63) is 15.9 Å². The minimum absolute atomic E-state index is 0.768. The van der Waals surface area contributed by atoms with Crippen LogP contribution in [0.5, 0.6) is 0 Å². The summed E-state index contributed by atoms with van der Waals surface area (Å²) in [4.78, 5) is 4.88. The van der Waals surface area contributed by atoms with Crippen molar-refractivity contribution in [1.82, 2.24) is 4.90 Å². The monoisotopic (exact) mass is 289 g/mol. The zero-order chi connectivity index (χ0) is 10.7. The highest BCUT2D eigenvalue weighted by atomic mass is 79.9. The highest BCUT2D eigenvalue weighted by molar-refractivity contribution is 9.10. The number of nitrogens with zero attached hydrogens (tertiary/aromatic N) is 2. The molecular formula is C10H16BrN3S. The van der Waals surface area contributed by atoms with Gasteiger partial charge >= 0.3 is 0 Å². The van der Waals surface area contributed by atoms with Crippen LogP contribution in [0.4, 0.5) is 5.00 Å². The van der Waals surface area contributed by atoms with Gasteiger partial charge < -0.3 is 10.6 Å². The van der Waals surface area contributed by atoms with Crippen molar-refractivity contribution in [2.75, 3.05) is 44.2 Å². The fraction of sp³-hybridized carbons (Fsp3) is 0.600. The number of nitrogens with two attached hydrogens (primary N) is 1. The molecule has 0 radical (unpaired) electrons. The van der Waals surface area contributed by atoms with Crippen molar-refractivity contribution in [3.63, 3.8) is 0 Å². The van der Waals surface area contributed by atoms with Gasteiger partial charge in [0.05, 0.1) is 5.00 Å². The summed E-state index contributed by atoms with van der Waals surface area (Å²) in [6, 6.07) is 2.20. The van der Waals surface area contributed by atoms with Crippen molar-refractivity contribution >= 4 is 32.3 Å². The van der Waals surface area contributed by atoms with E-state index in [2.05, 4.69) is 37.2 Å². The normalized spacial score (nSPS) is 18.4. The largest absolute Gasteiger partial charge is 0.361 e. The first-order valence-electron chi connectivity index (χ1n) is 5.21. The van der Waals surface area contributed by atoms with E-state index in [4.69, 9.17) is 5.73 Å². The van der Waals surface area contributed by atoms with E-state index in [1.807, 2.05) is 0 Å². The minimum atomic E-state index is 0.768. The minimum Gasteiger partial charge on any atom is -0.361 e. The van der Waals surface area contributed by atoms with Crippen molar-refractivity contribution in [1.29, 1.82) is 0 Å². The predicted octanol–water partition coefficient (Wildman–Crippen LogP) is 1.59. The van der Waals surface area contributed by atoms with Gasteiger partial charge in [-0.3, -0.25) is 4.90 Å². The fourth-order valence-corrected chi connectivity index (χ4v) is 3.32. The van der Waals surface area contributed by atoms with Crippen LogP contribution in [0.3, 0.4) is 0 Å². The first kappa shape index (κ1) is 11.4. The molecule has 2 N–H and O–H groups in total. The molecule has 1 saturated heterocycles. The summed E-state index contributed by atoms with van der Waals surface area (Å²) >= 11 is 5.30. The first-order chi connectivity index (χ1) is 7.29. The quantitative estimate of drug-likeness (QED) is 0.917. The van der Waals surface area contributed by atoms with Gasteiger partial charge in [0.15, 0.2) is 0 Å². The van der Waals surface area contributed by atoms with Gasteiger partial charge in [-0.25, -0.2) is 0 Å². The highest BCUT2D eigenvalue weighted by Crippen LogP contribution is 2.28. The first-order valence-corrected chi connectivity index (χ1v) is 6.88. The number of thiophene rings is 1. The molecular weight excluding hydrogens is 274 g/mol. The van der Waals surface area contributed by atoms with E-state index in [1.54, 1.807) is 11.3 Å². The molecule has 1 aliphatic heterocycles. The summed E-state index contributed by atoms with van der Waals surface area (Å²) in [5.41, 5.74) is 5.55. The molecule has 1 aromatic rings. The molecule has 1 aliphatic rings. The van der Waals surface area contributed by atoms with Crippen LogP contribution in [0.15, 0.2) is 15.9 Å². The molecule has 0 bridgehead atoms. The average Bonchev–Trinajstić information content (AvgIpc) is 2.67. The SMILES string of the molecule is NCCN1CCN(c2cc(Br)cs2)CC1. The van der Waals surface area contributed by atoms with Crippen molar-refractivity contribution in [2.24, 2.45) is 5.73 Å². The summed E-state index contributed by atoms with van der Waals surface area (Å²) in [5, 5.41) is 3.51. The van der Waals surface area contributed by atoms with Gasteiger partial charge in [0.25, 0.3) is 0 Å². The van der Waals surface area contributed by atoms with Crippen LogP contribution in [0, 0.1) is 0 Å². The molecule has 0 amide bonds. The maximum absolute atomic E-state index is 5.55. The van der Waals surface area contributed by atoms with Crippen LogP contribution >= 0.6 is 27.3 Å². The zero-order valence-corrected chi connectivity index (χ0v) is 11.1. The van der Waals surface area contributed by atoms with Crippen LogP contribution in [0.25, 0.3) is 0 Å². The Bertz CT molecular complexity index is 307. The van der Waals surface area contributed by atoms with E-state index in [1.165, 1.54) is 9.47 Å². The fourth-order valence-electron chi connectivity index (χ4n) is 1.84. The summed E-state index contributed by atoms with van der Waals surface area (Å²) in [6.45, 7) is 6.30. The lowest BCUT2D eigenvalue weighted by Crippen LogP contribution is -2.47. The van der Waals surface area contributed by atoms with Crippen molar-refractivity contribution in [2.45, 2.75) is 0 Å². The molecule has 0 spiro atoms. The van der Waals surface area contributed by atoms with Gasteiger partial charge in [0, 0.05) is 49.1 Å². The number of halogens is 1. The maximum Gasteiger partial charge on any atom is 0.0921 e. The lowest BCUT2D eigenvalue weighted by Gasteiger charge is -2.34. The zero-order valence-electron chi connectivity index (χ0n) is 8.66. The smallest absolute Gasteiger partial charge is 0.0921 e. The number of anilines is 1. The van der Waals surface area contributed by atoms with Gasteiger partial charge in [0.2, 0.25) is 0 Å². The number of piperazine rings is 1. The van der Waals surface area contributed by atoms with Crippen LogP contribution in [0.1, 0.15) is 0 Å². The molecule has 0 unspecified atom stereocenters. The molecule has 2 rings (SSSR count). The Morgan fingerprint density at radius 1 is 1.33 bits per heavy atom. The Balaban J connectivity index is 1.88. The second kappa shape index (κ2) is 5.30. The Morgan fingerprint density at radius 2 is 2.07 bits per heavy atom. The molecule has 0 atom stereocenters. The van der Waals surface area contributed by atoms with Crippen LogP contribution in [0.2, 0.25) is 0 Å². The number of hydrogen-bond donors (Lipinski definition) is 1. The van der Waals surface area contributed by atoms with Gasteiger partial charge in [-0.15, -0.1) is 11.3 Å². The molecule has 3 nitrogen and oxygen atoms in total. The van der Waals surface area contributed by atoms with Gasteiger partial charge in [-0.2, -0.15) is 0 Å². The van der Waals surface area contributed by atoms with Gasteiger partial charge in [-0.05, 0) is 22.0 Å². The third-order valence-corrected chi connectivity index (χ3v) is 4.43. The van der Waals surface area contributed by atoms with E-state index in [0.29, 0.717) is 0 Å². The molecule has 1 aromatic heterocycles. The Hall–Kier alpha value is -0.100. The molecule has 84 valence electrons. The molecule has 15 heavy (non-hydrogen) atoms. The number of rotatable bonds is 3. The molecule has 5 heteroatoms. The van der Waals surface area contributed by atoms with E-state index < -0.39 is 0 Å². The third kappa shape index (κ3) is 2.93. The van der Waals surface area contributed by atoms with E-state index in [0.717, 1.165) is 39.3 Å². The van der Waals surface area contributed by atoms with Crippen LogP contribution < -0.4 is 10.6 Å². The molecule has 2 heterocycles. The predicted molar refractivity (Wildman–Crippen MR) is 69.7 cm³/mol. The molecule has 0 aliphatic carbocycles. The van der Waals surface area contributed by atoms with E-state index in [9.17, 15) is 0 Å². The van der Waals surface area contributed by atoms with Gasteiger partial charge in [0.1, 0.15) is 0 Å². The summed E-state index contributed by atoms with van der Waals surface area (Å²) in [5.74, 6) is 0. The summed E-state index contributed by atoms with van der Waals surface area (Å²) in [6.07, 6.45) is 0. The average molecular weight is 290 g/mol. The molecule has 0 saturated carbocycles. The van der Waals surface area contributed by atoms with Crippen LogP contribution in [-0.4, -0.2) is 44.2 Å². The van der Waals surface area contributed by atoms with Gasteiger partial charge in [-0.1, -0.05) is 0 Å². The lowest BCUT2D eigenvalue weighted by atomic mass is 10.3. The third-order valence-electron chi connectivity index (χ3n) is 2.68. The second-order valence-corrected chi connectivity index (χ2v) is 5.53. The van der Waals surface area contributed by atoms with Crippen LogP contribution in [-0.2, 0) is 0 Å². The Kier molecular flexibility index (Phi) is 4.02. The highest BCUT2D eigenvalue weighted by Gasteiger charge is 2.17. The summed E-state index contributed by atoms with van der Waals surface area (Å²) < 4.78 is 1.19. The topological polar surface area (TPSA) is 32.5 Å². The Labute approximate surface area is 103 Å². The number of hydrogen-bond acceptors (Lipinski definition) is 4. The van der Waals surface area contributed by atoms with Crippen molar-refractivity contribution < 1.29 is 0 Å². The maximum atomic E-state index is 5.55. The summed E-state index contributed by atoms with van der Waals surface area (Å²) in [7, 11) is 0.